The van der Waals surface area contributed by atoms with E-state index in [1.165, 1.54) is 0 Å². The van der Waals surface area contributed by atoms with E-state index in [9.17, 15) is 4.79 Å². The van der Waals surface area contributed by atoms with Crippen molar-refractivity contribution in [1.82, 2.24) is 10.6 Å². The van der Waals surface area contributed by atoms with E-state index in [1.54, 1.807) is 0 Å². The third kappa shape index (κ3) is 4.82. The minimum atomic E-state index is -0.109. The summed E-state index contributed by atoms with van der Waals surface area (Å²) in [7, 11) is 0. The van der Waals surface area contributed by atoms with Gasteiger partial charge in [0.05, 0.1) is 6.42 Å². The Hall–Kier alpha value is -2.20. The van der Waals surface area contributed by atoms with E-state index in [2.05, 4.69) is 10.6 Å². The molecule has 2 aromatic carbocycles. The predicted octanol–water partition coefficient (Wildman–Crippen LogP) is 2.42. The summed E-state index contributed by atoms with van der Waals surface area (Å²) >= 11 is 5.10. The van der Waals surface area contributed by atoms with Crippen molar-refractivity contribution in [3.63, 3.8) is 0 Å². The Morgan fingerprint density at radius 1 is 0.900 bits per heavy atom. The molecule has 0 saturated carbocycles. The molecule has 0 aliphatic heterocycles. The van der Waals surface area contributed by atoms with Crippen LogP contribution in [0.25, 0.3) is 0 Å². The van der Waals surface area contributed by atoms with Gasteiger partial charge in [0.15, 0.2) is 5.11 Å². The average Bonchev–Trinajstić information content (AvgIpc) is 2.47. The molecule has 2 N–H and O–H groups in total. The van der Waals surface area contributed by atoms with Crippen LogP contribution in [0.15, 0.2) is 60.7 Å². The number of carbonyl (C=O) groups is 1. The standard InChI is InChI=1S/C16H16N2OS/c19-15(11-13-7-3-1-4-8-13)18-16(20)17-12-14-9-5-2-6-10-14/h1-10H,11-12H2,(H2,17,18,19,20). The lowest BCUT2D eigenvalue weighted by Crippen LogP contribution is -2.39. The number of hydrogen-bond donors (Lipinski definition) is 2. The van der Waals surface area contributed by atoms with Crippen LogP contribution in [0.3, 0.4) is 0 Å². The zero-order valence-electron chi connectivity index (χ0n) is 11.0. The van der Waals surface area contributed by atoms with Crippen molar-refractivity contribution >= 4 is 23.2 Å². The molecule has 0 bridgehead atoms. The molecule has 2 aromatic rings. The molecule has 4 heteroatoms. The van der Waals surface area contributed by atoms with Crippen molar-refractivity contribution in [2.75, 3.05) is 0 Å². The van der Waals surface area contributed by atoms with E-state index < -0.39 is 0 Å². The van der Waals surface area contributed by atoms with E-state index in [1.807, 2.05) is 60.7 Å². The maximum Gasteiger partial charge on any atom is 0.230 e. The molecule has 0 aliphatic carbocycles. The summed E-state index contributed by atoms with van der Waals surface area (Å²) in [6.45, 7) is 0.602. The van der Waals surface area contributed by atoms with Gasteiger partial charge in [-0.1, -0.05) is 60.7 Å². The number of hydrogen-bond acceptors (Lipinski definition) is 2. The molecule has 0 aromatic heterocycles. The number of carbonyl (C=O) groups excluding carboxylic acids is 1. The van der Waals surface area contributed by atoms with Gasteiger partial charge in [-0.25, -0.2) is 0 Å². The van der Waals surface area contributed by atoms with Crippen molar-refractivity contribution in [2.45, 2.75) is 13.0 Å². The fourth-order valence-corrected chi connectivity index (χ4v) is 1.96. The van der Waals surface area contributed by atoms with Gasteiger partial charge in [0.2, 0.25) is 5.91 Å². The van der Waals surface area contributed by atoms with Crippen molar-refractivity contribution in [2.24, 2.45) is 0 Å². The Morgan fingerprint density at radius 2 is 1.45 bits per heavy atom. The highest BCUT2D eigenvalue weighted by Crippen LogP contribution is 1.99. The molecule has 0 saturated heterocycles. The van der Waals surface area contributed by atoms with Crippen molar-refractivity contribution in [1.29, 1.82) is 0 Å². The van der Waals surface area contributed by atoms with Gasteiger partial charge in [0, 0.05) is 6.54 Å². The van der Waals surface area contributed by atoms with Gasteiger partial charge in [-0.05, 0) is 23.3 Å². The molecule has 20 heavy (non-hydrogen) atoms. The van der Waals surface area contributed by atoms with Gasteiger partial charge >= 0.3 is 0 Å². The molecule has 0 heterocycles. The Bertz CT molecular complexity index is 570. The van der Waals surface area contributed by atoms with Crippen LogP contribution in [0.4, 0.5) is 0 Å². The van der Waals surface area contributed by atoms with Gasteiger partial charge in [0.25, 0.3) is 0 Å². The molecule has 0 aliphatic rings. The van der Waals surface area contributed by atoms with Crippen LogP contribution in [0, 0.1) is 0 Å². The lowest BCUT2D eigenvalue weighted by Gasteiger charge is -2.09. The van der Waals surface area contributed by atoms with Crippen molar-refractivity contribution < 1.29 is 4.79 Å². The number of rotatable bonds is 4. The first kappa shape index (κ1) is 14.2. The molecule has 2 rings (SSSR count). The monoisotopic (exact) mass is 284 g/mol. The summed E-state index contributed by atoms with van der Waals surface area (Å²) in [5.74, 6) is -0.109. The molecular weight excluding hydrogens is 268 g/mol. The Morgan fingerprint density at radius 3 is 2.05 bits per heavy atom. The topological polar surface area (TPSA) is 41.1 Å². The number of benzene rings is 2. The Balaban J connectivity index is 1.75. The average molecular weight is 284 g/mol. The minimum absolute atomic E-state index is 0.109. The summed E-state index contributed by atoms with van der Waals surface area (Å²) in [5.41, 5.74) is 2.09. The minimum Gasteiger partial charge on any atom is -0.358 e. The summed E-state index contributed by atoms with van der Waals surface area (Å²) in [5, 5.41) is 6.05. The highest BCUT2D eigenvalue weighted by atomic mass is 32.1. The summed E-state index contributed by atoms with van der Waals surface area (Å²) < 4.78 is 0. The maximum atomic E-state index is 11.8. The highest BCUT2D eigenvalue weighted by molar-refractivity contribution is 7.80. The molecule has 1 amide bonds. The molecular formula is C16H16N2OS. The fraction of sp³-hybridized carbons (Fsp3) is 0.125. The summed E-state index contributed by atoms with van der Waals surface area (Å²) in [6.07, 6.45) is 0.327. The first-order valence-electron chi connectivity index (χ1n) is 6.39. The van der Waals surface area contributed by atoms with Gasteiger partial charge in [-0.3, -0.25) is 4.79 Å². The van der Waals surface area contributed by atoms with E-state index in [0.717, 1.165) is 11.1 Å². The van der Waals surface area contributed by atoms with E-state index in [4.69, 9.17) is 12.2 Å². The molecule has 0 radical (unpaired) electrons. The second kappa shape index (κ2) is 7.40. The SMILES string of the molecule is O=C(Cc1ccccc1)NC(=S)NCc1ccccc1. The van der Waals surface area contributed by atoms with Gasteiger partial charge in [-0.2, -0.15) is 0 Å². The molecule has 0 fully saturated rings. The van der Waals surface area contributed by atoms with Crippen LogP contribution in [0.5, 0.6) is 0 Å². The molecule has 0 spiro atoms. The predicted molar refractivity (Wildman–Crippen MR) is 84.2 cm³/mol. The Labute approximate surface area is 124 Å². The van der Waals surface area contributed by atoms with E-state index >= 15 is 0 Å². The van der Waals surface area contributed by atoms with Crippen LogP contribution in [-0.4, -0.2) is 11.0 Å². The van der Waals surface area contributed by atoms with E-state index in [0.29, 0.717) is 18.1 Å². The summed E-state index contributed by atoms with van der Waals surface area (Å²) in [6, 6.07) is 19.5. The van der Waals surface area contributed by atoms with Crippen molar-refractivity contribution in [3.8, 4) is 0 Å². The second-order valence-electron chi connectivity index (χ2n) is 4.38. The van der Waals surface area contributed by atoms with Crippen LogP contribution in [-0.2, 0) is 17.8 Å². The van der Waals surface area contributed by atoms with Crippen LogP contribution < -0.4 is 10.6 Å². The van der Waals surface area contributed by atoms with Crippen LogP contribution >= 0.6 is 12.2 Å². The molecule has 3 nitrogen and oxygen atoms in total. The van der Waals surface area contributed by atoms with Gasteiger partial charge < -0.3 is 10.6 Å². The number of thiocarbonyl (C=S) groups is 1. The first-order valence-corrected chi connectivity index (χ1v) is 6.80. The lowest BCUT2D eigenvalue weighted by atomic mass is 10.1. The third-order valence-electron chi connectivity index (χ3n) is 2.76. The van der Waals surface area contributed by atoms with Gasteiger partial charge in [-0.15, -0.1) is 0 Å². The van der Waals surface area contributed by atoms with Crippen molar-refractivity contribution in [3.05, 3.63) is 71.8 Å². The number of nitrogens with one attached hydrogen (secondary N) is 2. The maximum absolute atomic E-state index is 11.8. The molecule has 0 atom stereocenters. The largest absolute Gasteiger partial charge is 0.358 e. The highest BCUT2D eigenvalue weighted by Gasteiger charge is 2.05. The molecule has 102 valence electrons. The zero-order chi connectivity index (χ0) is 14.2. The first-order chi connectivity index (χ1) is 9.74. The van der Waals surface area contributed by atoms with Crippen LogP contribution in [0.2, 0.25) is 0 Å². The Kier molecular flexibility index (Phi) is 5.26. The lowest BCUT2D eigenvalue weighted by molar-refractivity contribution is -0.119. The number of amides is 1. The quantitative estimate of drug-likeness (QED) is 0.847. The fourth-order valence-electron chi connectivity index (χ4n) is 1.77. The van der Waals surface area contributed by atoms with Gasteiger partial charge in [0.1, 0.15) is 0 Å². The van der Waals surface area contributed by atoms with Crippen LogP contribution in [0.1, 0.15) is 11.1 Å². The second-order valence-corrected chi connectivity index (χ2v) is 4.79. The third-order valence-corrected chi connectivity index (χ3v) is 3.00. The van der Waals surface area contributed by atoms with E-state index in [-0.39, 0.29) is 5.91 Å². The molecule has 0 unspecified atom stereocenters. The zero-order valence-corrected chi connectivity index (χ0v) is 11.8. The summed E-state index contributed by atoms with van der Waals surface area (Å²) in [4.78, 5) is 11.8. The normalized spacial score (nSPS) is 9.80. The smallest absolute Gasteiger partial charge is 0.230 e.